The van der Waals surface area contributed by atoms with Crippen molar-refractivity contribution >= 4 is 61.0 Å². The standard InChI is InChI=1S/C41H28N6/c1-5-13-34-24(9-1)30(20-42-34)28-17-38(32-22-44-36-15-7-3-11-26(32)36)46-40(28)19-41-29(31-21-43-35-14-6-2-10-25(31)35)18-39(47-41)33-23-45-37-16-8-4-12-27(33)37/h1-23,42-46H/b41-19-. The number of benzene rings is 4. The van der Waals surface area contributed by atoms with Crippen LogP contribution in [0.5, 0.6) is 0 Å². The third kappa shape index (κ3) is 4.02. The van der Waals surface area contributed by atoms with Gasteiger partial charge in [-0.1, -0.05) is 72.8 Å². The van der Waals surface area contributed by atoms with Gasteiger partial charge in [-0.3, -0.25) is 0 Å². The molecule has 4 aromatic carbocycles. The van der Waals surface area contributed by atoms with E-state index in [-0.39, 0.29) is 0 Å². The quantitative estimate of drug-likeness (QED) is 0.129. The van der Waals surface area contributed by atoms with Gasteiger partial charge in [0.05, 0.1) is 11.4 Å². The molecule has 0 spiro atoms. The summed E-state index contributed by atoms with van der Waals surface area (Å²) in [4.78, 5) is 23.0. The van der Waals surface area contributed by atoms with Crippen molar-refractivity contribution in [3.8, 4) is 22.4 Å². The van der Waals surface area contributed by atoms with E-state index in [1.807, 2.05) is 0 Å². The van der Waals surface area contributed by atoms with Gasteiger partial charge in [0.1, 0.15) is 0 Å². The first-order valence-electron chi connectivity index (χ1n) is 15.8. The second-order valence-corrected chi connectivity index (χ2v) is 12.1. The molecule has 0 fully saturated rings. The maximum Gasteiger partial charge on any atom is 0.0738 e. The van der Waals surface area contributed by atoms with Gasteiger partial charge in [0.25, 0.3) is 0 Å². The van der Waals surface area contributed by atoms with Crippen LogP contribution in [0, 0.1) is 0 Å². The van der Waals surface area contributed by atoms with E-state index in [4.69, 9.17) is 4.99 Å². The van der Waals surface area contributed by atoms with Crippen LogP contribution in [0.3, 0.4) is 0 Å². The summed E-state index contributed by atoms with van der Waals surface area (Å²) in [7, 11) is 0. The number of rotatable bonds is 5. The minimum atomic E-state index is 0.906. The van der Waals surface area contributed by atoms with E-state index in [1.54, 1.807) is 0 Å². The molecule has 0 unspecified atom stereocenters. The first-order chi connectivity index (χ1) is 23.3. The molecule has 0 amide bonds. The Hall–Kier alpha value is -6.53. The van der Waals surface area contributed by atoms with E-state index in [0.717, 1.165) is 83.6 Å². The van der Waals surface area contributed by atoms with Gasteiger partial charge in [0, 0.05) is 113 Å². The minimum Gasteiger partial charge on any atom is -0.361 e. The number of nitrogens with one attached hydrogen (secondary N) is 5. The molecule has 0 aliphatic carbocycles. The summed E-state index contributed by atoms with van der Waals surface area (Å²) in [5.41, 5.74) is 15.0. The average Bonchev–Trinajstić information content (AvgIpc) is 3.96. The van der Waals surface area contributed by atoms with Gasteiger partial charge in [-0.15, -0.1) is 0 Å². The zero-order chi connectivity index (χ0) is 30.9. The fourth-order valence-corrected chi connectivity index (χ4v) is 7.15. The van der Waals surface area contributed by atoms with Gasteiger partial charge in [0.15, 0.2) is 0 Å². The third-order valence-corrected chi connectivity index (χ3v) is 9.43. The number of hydrogen-bond acceptors (Lipinski definition) is 1. The lowest BCUT2D eigenvalue weighted by atomic mass is 9.99. The third-order valence-electron chi connectivity index (χ3n) is 9.43. The number of aromatic amines is 5. The molecule has 10 rings (SSSR count). The fraction of sp³-hybridized carbons (Fsp3) is 0. The van der Waals surface area contributed by atoms with Crippen LogP contribution in [0.25, 0.3) is 77.6 Å². The Morgan fingerprint density at radius 3 is 1.55 bits per heavy atom. The van der Waals surface area contributed by atoms with Crippen LogP contribution < -0.4 is 0 Å². The molecule has 5 aromatic heterocycles. The Morgan fingerprint density at radius 2 is 0.936 bits per heavy atom. The Balaban J connectivity index is 1.21. The van der Waals surface area contributed by atoms with Crippen LogP contribution in [0.1, 0.15) is 16.8 Å². The predicted molar refractivity (Wildman–Crippen MR) is 194 cm³/mol. The summed E-state index contributed by atoms with van der Waals surface area (Å²) >= 11 is 0. The predicted octanol–water partition coefficient (Wildman–Crippen LogP) is 10.2. The molecule has 6 heterocycles. The topological polar surface area (TPSA) is 91.3 Å². The lowest BCUT2D eigenvalue weighted by Gasteiger charge is -2.05. The Bertz CT molecular complexity index is 2750. The Labute approximate surface area is 269 Å². The summed E-state index contributed by atoms with van der Waals surface area (Å²) in [5, 5.41) is 4.68. The van der Waals surface area contributed by atoms with Crippen molar-refractivity contribution in [2.75, 3.05) is 0 Å². The molecule has 6 nitrogen and oxygen atoms in total. The van der Waals surface area contributed by atoms with Crippen molar-refractivity contribution in [1.29, 1.82) is 0 Å². The van der Waals surface area contributed by atoms with E-state index in [1.165, 1.54) is 16.2 Å². The molecule has 6 heteroatoms. The molecule has 9 aromatic rings. The summed E-state index contributed by atoms with van der Waals surface area (Å²) < 4.78 is 0. The van der Waals surface area contributed by atoms with Crippen LogP contribution in [0.2, 0.25) is 0 Å². The Kier molecular flexibility index (Phi) is 5.48. The number of allylic oxidation sites excluding steroid dienone is 2. The SMILES string of the molecule is C1=C(c2c[nH]c3ccccc23)/C(=C/c2[nH]c(-c3c[nH]c4ccccc34)cc2-c2c[nH]c3ccccc23)N=C1c1c[nH]c2ccccc12. The second kappa shape index (κ2) is 9.99. The number of para-hydroxylation sites is 4. The molecule has 0 radical (unpaired) electrons. The van der Waals surface area contributed by atoms with E-state index in [9.17, 15) is 0 Å². The molecule has 0 saturated carbocycles. The highest BCUT2D eigenvalue weighted by Gasteiger charge is 2.24. The highest BCUT2D eigenvalue weighted by molar-refractivity contribution is 6.24. The maximum atomic E-state index is 5.34. The second-order valence-electron chi connectivity index (χ2n) is 12.1. The van der Waals surface area contributed by atoms with Gasteiger partial charge in [-0.2, -0.15) is 0 Å². The zero-order valence-corrected chi connectivity index (χ0v) is 25.2. The smallest absolute Gasteiger partial charge is 0.0738 e. The van der Waals surface area contributed by atoms with E-state index >= 15 is 0 Å². The fourth-order valence-electron chi connectivity index (χ4n) is 7.15. The summed E-state index contributed by atoms with van der Waals surface area (Å²) in [5.74, 6) is 0. The van der Waals surface area contributed by atoms with Crippen molar-refractivity contribution in [2.45, 2.75) is 0 Å². The van der Waals surface area contributed by atoms with E-state index in [0.29, 0.717) is 0 Å². The molecule has 1 aliphatic rings. The maximum absolute atomic E-state index is 5.34. The lowest BCUT2D eigenvalue weighted by molar-refractivity contribution is 1.35. The first kappa shape index (κ1) is 25.8. The highest BCUT2D eigenvalue weighted by Crippen LogP contribution is 2.41. The molecular weight excluding hydrogens is 576 g/mol. The summed E-state index contributed by atoms with van der Waals surface area (Å²) in [6, 6.07) is 36.0. The molecule has 222 valence electrons. The zero-order valence-electron chi connectivity index (χ0n) is 25.2. The molecule has 0 bridgehead atoms. The monoisotopic (exact) mass is 604 g/mol. The van der Waals surface area contributed by atoms with Crippen LogP contribution in [-0.2, 0) is 0 Å². The van der Waals surface area contributed by atoms with Crippen molar-refractivity contribution in [3.05, 3.63) is 157 Å². The first-order valence-corrected chi connectivity index (χ1v) is 15.8. The average molecular weight is 605 g/mol. The van der Waals surface area contributed by atoms with Gasteiger partial charge in [-0.25, -0.2) is 4.99 Å². The minimum absolute atomic E-state index is 0.906. The Morgan fingerprint density at radius 1 is 0.468 bits per heavy atom. The molecule has 47 heavy (non-hydrogen) atoms. The van der Waals surface area contributed by atoms with Gasteiger partial charge in [0.2, 0.25) is 0 Å². The van der Waals surface area contributed by atoms with Crippen molar-refractivity contribution < 1.29 is 0 Å². The van der Waals surface area contributed by atoms with Crippen molar-refractivity contribution in [3.63, 3.8) is 0 Å². The van der Waals surface area contributed by atoms with Crippen LogP contribution in [-0.4, -0.2) is 30.6 Å². The number of fused-ring (bicyclic) bond motifs is 4. The highest BCUT2D eigenvalue weighted by atomic mass is 14.8. The molecule has 0 saturated heterocycles. The van der Waals surface area contributed by atoms with Gasteiger partial charge < -0.3 is 24.9 Å². The van der Waals surface area contributed by atoms with Crippen LogP contribution >= 0.6 is 0 Å². The molecular formula is C41H28N6. The number of H-pyrrole nitrogens is 5. The molecule has 5 N–H and O–H groups in total. The number of nitrogens with zero attached hydrogens (tertiary/aromatic N) is 1. The molecule has 0 atom stereocenters. The van der Waals surface area contributed by atoms with Crippen molar-refractivity contribution in [1.82, 2.24) is 24.9 Å². The summed E-state index contributed by atoms with van der Waals surface area (Å²) in [6.45, 7) is 0. The largest absolute Gasteiger partial charge is 0.361 e. The van der Waals surface area contributed by atoms with Crippen molar-refractivity contribution in [2.24, 2.45) is 4.99 Å². The number of hydrogen-bond donors (Lipinski definition) is 5. The van der Waals surface area contributed by atoms with E-state index < -0.39 is 0 Å². The number of aromatic nitrogens is 5. The van der Waals surface area contributed by atoms with E-state index in [2.05, 4.69) is 165 Å². The van der Waals surface area contributed by atoms with Gasteiger partial charge >= 0.3 is 0 Å². The molecule has 1 aliphatic heterocycles. The van der Waals surface area contributed by atoms with Crippen LogP contribution in [0.15, 0.2) is 145 Å². The normalized spacial score (nSPS) is 14.3. The number of aliphatic imine (C=N–C) groups is 1. The summed E-state index contributed by atoms with van der Waals surface area (Å²) in [6.07, 6.45) is 12.8. The van der Waals surface area contributed by atoms with Crippen LogP contribution in [0.4, 0.5) is 0 Å². The lowest BCUT2D eigenvalue weighted by Crippen LogP contribution is -1.91. The van der Waals surface area contributed by atoms with Gasteiger partial charge in [-0.05, 0) is 42.5 Å².